The van der Waals surface area contributed by atoms with Crippen molar-refractivity contribution < 1.29 is 5.11 Å². The molecule has 0 bridgehead atoms. The summed E-state index contributed by atoms with van der Waals surface area (Å²) < 4.78 is 0. The Kier molecular flexibility index (Phi) is 2.97. The summed E-state index contributed by atoms with van der Waals surface area (Å²) in [6.07, 6.45) is 6.06. The van der Waals surface area contributed by atoms with Gasteiger partial charge in [-0.2, -0.15) is 0 Å². The molecule has 0 fully saturated rings. The molecule has 0 spiro atoms. The highest BCUT2D eigenvalue weighted by molar-refractivity contribution is 5.20. The zero-order chi connectivity index (χ0) is 10.1. The number of aliphatic hydroxyl groups excluding tert-OH is 1. The van der Waals surface area contributed by atoms with E-state index in [1.807, 2.05) is 6.92 Å². The summed E-state index contributed by atoms with van der Waals surface area (Å²) in [6, 6.07) is 0. The van der Waals surface area contributed by atoms with Gasteiger partial charge in [-0.05, 0) is 31.1 Å². The zero-order valence-corrected chi connectivity index (χ0v) is 8.88. The van der Waals surface area contributed by atoms with Crippen molar-refractivity contribution in [1.29, 1.82) is 0 Å². The standard InChI is InChI=1S/C12H20O/c1-9-8-12(3,4)6-5-11(9)7-10(2)13/h5-6,10-11,13H,1,7-8H2,2-4H3. The van der Waals surface area contributed by atoms with E-state index in [1.54, 1.807) is 0 Å². The molecule has 0 aromatic heterocycles. The number of rotatable bonds is 2. The Morgan fingerprint density at radius 1 is 1.69 bits per heavy atom. The third-order valence-corrected chi connectivity index (χ3v) is 2.58. The van der Waals surface area contributed by atoms with Crippen LogP contribution in [0.25, 0.3) is 0 Å². The van der Waals surface area contributed by atoms with Gasteiger partial charge >= 0.3 is 0 Å². The molecule has 0 saturated heterocycles. The molecule has 0 saturated carbocycles. The van der Waals surface area contributed by atoms with Gasteiger partial charge < -0.3 is 5.11 Å². The van der Waals surface area contributed by atoms with Crippen molar-refractivity contribution in [2.24, 2.45) is 11.3 Å². The minimum Gasteiger partial charge on any atom is -0.393 e. The molecule has 0 aromatic rings. The fourth-order valence-electron chi connectivity index (χ4n) is 1.90. The molecule has 0 aliphatic heterocycles. The van der Waals surface area contributed by atoms with Gasteiger partial charge in [0.25, 0.3) is 0 Å². The molecule has 2 unspecified atom stereocenters. The van der Waals surface area contributed by atoms with Crippen LogP contribution in [0, 0.1) is 11.3 Å². The highest BCUT2D eigenvalue weighted by atomic mass is 16.3. The minimum atomic E-state index is -0.229. The predicted molar refractivity (Wildman–Crippen MR) is 56.5 cm³/mol. The first-order chi connectivity index (χ1) is 5.91. The molecule has 0 radical (unpaired) electrons. The Hall–Kier alpha value is -0.560. The largest absolute Gasteiger partial charge is 0.393 e. The summed E-state index contributed by atoms with van der Waals surface area (Å²) >= 11 is 0. The molecule has 1 heteroatoms. The summed E-state index contributed by atoms with van der Waals surface area (Å²) in [5.74, 6) is 0.382. The maximum absolute atomic E-state index is 9.28. The molecule has 1 nitrogen and oxygen atoms in total. The van der Waals surface area contributed by atoms with Crippen LogP contribution in [0.5, 0.6) is 0 Å². The van der Waals surface area contributed by atoms with Crippen LogP contribution >= 0.6 is 0 Å². The fraction of sp³-hybridized carbons (Fsp3) is 0.667. The molecule has 1 N–H and O–H groups in total. The van der Waals surface area contributed by atoms with Crippen LogP contribution in [-0.4, -0.2) is 11.2 Å². The van der Waals surface area contributed by atoms with Gasteiger partial charge in [0.15, 0.2) is 0 Å². The SMILES string of the molecule is C=C1CC(C)(C)C=CC1CC(C)O. The van der Waals surface area contributed by atoms with E-state index in [-0.39, 0.29) is 11.5 Å². The zero-order valence-electron chi connectivity index (χ0n) is 8.88. The average Bonchev–Trinajstić information content (AvgIpc) is 1.93. The lowest BCUT2D eigenvalue weighted by Crippen LogP contribution is -2.20. The van der Waals surface area contributed by atoms with Crippen LogP contribution < -0.4 is 0 Å². The van der Waals surface area contributed by atoms with Crippen LogP contribution in [-0.2, 0) is 0 Å². The maximum atomic E-state index is 9.28. The van der Waals surface area contributed by atoms with Gasteiger partial charge in [-0.1, -0.05) is 38.2 Å². The molecule has 2 atom stereocenters. The van der Waals surface area contributed by atoms with Crippen LogP contribution in [0.1, 0.15) is 33.6 Å². The van der Waals surface area contributed by atoms with Gasteiger partial charge in [0.1, 0.15) is 0 Å². The highest BCUT2D eigenvalue weighted by Crippen LogP contribution is 2.36. The Morgan fingerprint density at radius 3 is 2.77 bits per heavy atom. The van der Waals surface area contributed by atoms with Crippen LogP contribution in [0.15, 0.2) is 24.3 Å². The summed E-state index contributed by atoms with van der Waals surface area (Å²) in [5, 5.41) is 9.28. The van der Waals surface area contributed by atoms with Gasteiger partial charge in [0.2, 0.25) is 0 Å². The Bertz CT molecular complexity index is 223. The monoisotopic (exact) mass is 180 g/mol. The highest BCUT2D eigenvalue weighted by Gasteiger charge is 2.24. The average molecular weight is 180 g/mol. The predicted octanol–water partition coefficient (Wildman–Crippen LogP) is 2.92. The smallest absolute Gasteiger partial charge is 0.0520 e. The summed E-state index contributed by atoms with van der Waals surface area (Å²) in [4.78, 5) is 0. The van der Waals surface area contributed by atoms with E-state index < -0.39 is 0 Å². The third kappa shape index (κ3) is 3.00. The van der Waals surface area contributed by atoms with Crippen molar-refractivity contribution in [2.45, 2.75) is 39.7 Å². The van der Waals surface area contributed by atoms with Crippen molar-refractivity contribution >= 4 is 0 Å². The molecule has 0 aromatic carbocycles. The van der Waals surface area contributed by atoms with Crippen LogP contribution in [0.3, 0.4) is 0 Å². The summed E-state index contributed by atoms with van der Waals surface area (Å²) in [6.45, 7) is 10.3. The molecule has 0 heterocycles. The Labute approximate surface area is 81.2 Å². The molecule has 0 amide bonds. The van der Waals surface area contributed by atoms with Crippen molar-refractivity contribution in [3.63, 3.8) is 0 Å². The van der Waals surface area contributed by atoms with Crippen LogP contribution in [0.2, 0.25) is 0 Å². The molecule has 1 rings (SSSR count). The van der Waals surface area contributed by atoms with E-state index in [4.69, 9.17) is 0 Å². The first-order valence-corrected chi connectivity index (χ1v) is 4.96. The van der Waals surface area contributed by atoms with Crippen LogP contribution in [0.4, 0.5) is 0 Å². The van der Waals surface area contributed by atoms with Crippen molar-refractivity contribution in [1.82, 2.24) is 0 Å². The second kappa shape index (κ2) is 3.67. The molecular formula is C12H20O. The Morgan fingerprint density at radius 2 is 2.31 bits per heavy atom. The van der Waals surface area contributed by atoms with E-state index in [1.165, 1.54) is 5.57 Å². The van der Waals surface area contributed by atoms with Gasteiger partial charge in [-0.3, -0.25) is 0 Å². The van der Waals surface area contributed by atoms with Gasteiger partial charge in [0.05, 0.1) is 6.10 Å². The maximum Gasteiger partial charge on any atom is 0.0520 e. The molecule has 74 valence electrons. The van der Waals surface area contributed by atoms with E-state index in [0.29, 0.717) is 5.92 Å². The molecule has 13 heavy (non-hydrogen) atoms. The second-order valence-corrected chi connectivity index (χ2v) is 4.87. The molecular weight excluding hydrogens is 160 g/mol. The van der Waals surface area contributed by atoms with Gasteiger partial charge in [-0.15, -0.1) is 0 Å². The van der Waals surface area contributed by atoms with E-state index in [0.717, 1.165) is 12.8 Å². The lowest BCUT2D eigenvalue weighted by molar-refractivity contribution is 0.172. The van der Waals surface area contributed by atoms with E-state index in [9.17, 15) is 5.11 Å². The lowest BCUT2D eigenvalue weighted by Gasteiger charge is -2.31. The Balaban J connectivity index is 2.65. The summed E-state index contributed by atoms with van der Waals surface area (Å²) in [7, 11) is 0. The van der Waals surface area contributed by atoms with E-state index in [2.05, 4.69) is 32.6 Å². The van der Waals surface area contributed by atoms with Crippen molar-refractivity contribution in [3.05, 3.63) is 24.3 Å². The third-order valence-electron chi connectivity index (χ3n) is 2.58. The van der Waals surface area contributed by atoms with Gasteiger partial charge in [-0.25, -0.2) is 0 Å². The number of hydrogen-bond donors (Lipinski definition) is 1. The molecule has 1 aliphatic rings. The quantitative estimate of drug-likeness (QED) is 0.648. The van der Waals surface area contributed by atoms with E-state index >= 15 is 0 Å². The minimum absolute atomic E-state index is 0.229. The van der Waals surface area contributed by atoms with Crippen molar-refractivity contribution in [2.75, 3.05) is 0 Å². The first-order valence-electron chi connectivity index (χ1n) is 4.96. The van der Waals surface area contributed by atoms with Crippen molar-refractivity contribution in [3.8, 4) is 0 Å². The fourth-order valence-corrected chi connectivity index (χ4v) is 1.90. The number of allylic oxidation sites excluding steroid dienone is 3. The summed E-state index contributed by atoms with van der Waals surface area (Å²) in [5.41, 5.74) is 1.51. The number of hydrogen-bond acceptors (Lipinski definition) is 1. The lowest BCUT2D eigenvalue weighted by atomic mass is 9.75. The second-order valence-electron chi connectivity index (χ2n) is 4.87. The topological polar surface area (TPSA) is 20.2 Å². The number of aliphatic hydroxyl groups is 1. The molecule has 1 aliphatic carbocycles. The first kappa shape index (κ1) is 10.5. The normalized spacial score (nSPS) is 28.9. The van der Waals surface area contributed by atoms with Gasteiger partial charge in [0, 0.05) is 0 Å².